The molecule has 6 heteroatoms. The Kier molecular flexibility index (Phi) is 7.42. The average molecular weight is 412 g/mol. The maximum Gasteiger partial charge on any atom is 0.249 e. The van der Waals surface area contributed by atoms with Gasteiger partial charge in [0.05, 0.1) is 17.1 Å². The van der Waals surface area contributed by atoms with Crippen molar-refractivity contribution in [1.29, 1.82) is 0 Å². The van der Waals surface area contributed by atoms with Crippen molar-refractivity contribution in [2.75, 3.05) is 6.54 Å². The summed E-state index contributed by atoms with van der Waals surface area (Å²) in [7, 11) is 0. The van der Waals surface area contributed by atoms with Gasteiger partial charge in [0.15, 0.2) is 0 Å². The summed E-state index contributed by atoms with van der Waals surface area (Å²) in [4.78, 5) is 14.6. The number of aromatic nitrogens is 2. The summed E-state index contributed by atoms with van der Waals surface area (Å²) in [6.45, 7) is 5.14. The molecular weight excluding hydrogens is 386 g/mol. The number of halogens is 1. The molecule has 1 aromatic heterocycles. The minimum Gasteiger partial charge on any atom is -0.419 e. The molecule has 2 aromatic carbocycles. The van der Waals surface area contributed by atoms with E-state index in [9.17, 15) is 4.79 Å². The lowest BCUT2D eigenvalue weighted by Crippen LogP contribution is -2.31. The Balaban J connectivity index is 1.63. The summed E-state index contributed by atoms with van der Waals surface area (Å²) in [5.41, 5.74) is 3.17. The summed E-state index contributed by atoms with van der Waals surface area (Å²) < 4.78 is 5.77. The molecule has 0 aliphatic heterocycles. The first-order valence-corrected chi connectivity index (χ1v) is 10.4. The molecule has 0 radical (unpaired) electrons. The van der Waals surface area contributed by atoms with Crippen LogP contribution in [-0.2, 0) is 24.2 Å². The van der Waals surface area contributed by atoms with Crippen LogP contribution in [-0.4, -0.2) is 27.5 Å². The van der Waals surface area contributed by atoms with E-state index in [1.54, 1.807) is 11.0 Å². The van der Waals surface area contributed by atoms with E-state index in [0.29, 0.717) is 41.9 Å². The summed E-state index contributed by atoms with van der Waals surface area (Å²) >= 11 is 6.20. The molecule has 1 amide bonds. The summed E-state index contributed by atoms with van der Waals surface area (Å²) in [5, 5.41) is 8.75. The quantitative estimate of drug-likeness (QED) is 0.477. The molecule has 0 unspecified atom stereocenters. The molecule has 1 heterocycles. The van der Waals surface area contributed by atoms with Gasteiger partial charge in [-0.15, -0.1) is 10.2 Å². The molecular formula is C23H26ClN3O2. The van der Waals surface area contributed by atoms with Gasteiger partial charge in [-0.3, -0.25) is 4.79 Å². The van der Waals surface area contributed by atoms with Crippen LogP contribution in [0.15, 0.2) is 52.9 Å². The van der Waals surface area contributed by atoms with Crippen molar-refractivity contribution in [3.63, 3.8) is 0 Å². The highest BCUT2D eigenvalue weighted by atomic mass is 35.5. The SMILES string of the molecule is CCCN(Cc1nnc(-c2ccccc2Cl)o1)C(=O)CCc1ccc(CC)cc1. The fraction of sp³-hybridized carbons (Fsp3) is 0.348. The monoisotopic (exact) mass is 411 g/mol. The molecule has 0 saturated carbocycles. The predicted octanol–water partition coefficient (Wildman–Crippen LogP) is 5.32. The molecule has 3 rings (SSSR count). The Hall–Kier alpha value is -2.66. The van der Waals surface area contributed by atoms with Crippen LogP contribution < -0.4 is 0 Å². The Morgan fingerprint density at radius 3 is 2.45 bits per heavy atom. The van der Waals surface area contributed by atoms with Crippen molar-refractivity contribution in [3.8, 4) is 11.5 Å². The van der Waals surface area contributed by atoms with Crippen molar-refractivity contribution in [2.24, 2.45) is 0 Å². The van der Waals surface area contributed by atoms with Gasteiger partial charge in [-0.1, -0.05) is 61.8 Å². The molecule has 0 aliphatic carbocycles. The number of benzene rings is 2. The molecule has 0 spiro atoms. The summed E-state index contributed by atoms with van der Waals surface area (Å²) in [5.74, 6) is 0.864. The fourth-order valence-electron chi connectivity index (χ4n) is 3.14. The van der Waals surface area contributed by atoms with Gasteiger partial charge in [-0.2, -0.15) is 0 Å². The minimum absolute atomic E-state index is 0.0870. The third-order valence-corrected chi connectivity index (χ3v) is 5.13. The standard InChI is InChI=1S/C23H26ClN3O2/c1-3-15-27(22(28)14-13-18-11-9-17(4-2)10-12-18)16-21-25-26-23(29-21)19-7-5-6-8-20(19)24/h5-12H,3-4,13-16H2,1-2H3. The normalized spacial score (nSPS) is 10.9. The van der Waals surface area contributed by atoms with E-state index in [-0.39, 0.29) is 5.91 Å². The number of aryl methyl sites for hydroxylation is 2. The van der Waals surface area contributed by atoms with Crippen LogP contribution in [0.25, 0.3) is 11.5 Å². The van der Waals surface area contributed by atoms with Crippen LogP contribution in [0, 0.1) is 0 Å². The lowest BCUT2D eigenvalue weighted by molar-refractivity contribution is -0.132. The van der Waals surface area contributed by atoms with Gasteiger partial charge in [0, 0.05) is 13.0 Å². The topological polar surface area (TPSA) is 59.2 Å². The van der Waals surface area contributed by atoms with Crippen molar-refractivity contribution in [1.82, 2.24) is 15.1 Å². The second kappa shape index (κ2) is 10.2. The van der Waals surface area contributed by atoms with Gasteiger partial charge in [-0.25, -0.2) is 0 Å². The molecule has 0 aliphatic rings. The average Bonchev–Trinajstić information content (AvgIpc) is 3.20. The van der Waals surface area contributed by atoms with Crippen molar-refractivity contribution in [3.05, 3.63) is 70.6 Å². The van der Waals surface area contributed by atoms with Gasteiger partial charge in [0.1, 0.15) is 0 Å². The molecule has 0 fully saturated rings. The van der Waals surface area contributed by atoms with Crippen molar-refractivity contribution >= 4 is 17.5 Å². The van der Waals surface area contributed by atoms with E-state index >= 15 is 0 Å². The number of rotatable bonds is 9. The second-order valence-corrected chi connectivity index (χ2v) is 7.37. The molecule has 0 saturated heterocycles. The molecule has 152 valence electrons. The van der Waals surface area contributed by atoms with E-state index in [1.807, 2.05) is 25.1 Å². The van der Waals surface area contributed by atoms with Crippen LogP contribution in [0.1, 0.15) is 43.7 Å². The zero-order chi connectivity index (χ0) is 20.6. The fourth-order valence-corrected chi connectivity index (χ4v) is 3.35. The Labute approximate surface area is 176 Å². The smallest absolute Gasteiger partial charge is 0.249 e. The van der Waals surface area contributed by atoms with Gasteiger partial charge < -0.3 is 9.32 Å². The van der Waals surface area contributed by atoms with E-state index < -0.39 is 0 Å². The first kappa shape index (κ1) is 21.1. The highest BCUT2D eigenvalue weighted by Gasteiger charge is 2.18. The first-order chi connectivity index (χ1) is 14.1. The predicted molar refractivity (Wildman–Crippen MR) is 115 cm³/mol. The second-order valence-electron chi connectivity index (χ2n) is 6.97. The first-order valence-electron chi connectivity index (χ1n) is 10.0. The highest BCUT2D eigenvalue weighted by Crippen LogP contribution is 2.26. The van der Waals surface area contributed by atoms with Crippen LogP contribution >= 0.6 is 11.6 Å². The largest absolute Gasteiger partial charge is 0.419 e. The number of amides is 1. The molecule has 0 N–H and O–H groups in total. The highest BCUT2D eigenvalue weighted by molar-refractivity contribution is 6.33. The van der Waals surface area contributed by atoms with Crippen LogP contribution in [0.3, 0.4) is 0 Å². The Morgan fingerprint density at radius 2 is 1.76 bits per heavy atom. The third kappa shape index (κ3) is 5.67. The van der Waals surface area contributed by atoms with Crippen molar-refractivity contribution < 1.29 is 9.21 Å². The van der Waals surface area contributed by atoms with Gasteiger partial charge in [-0.05, 0) is 42.5 Å². The molecule has 0 bridgehead atoms. The zero-order valence-electron chi connectivity index (χ0n) is 16.9. The number of carbonyl (C=O) groups is 1. The number of carbonyl (C=O) groups excluding carboxylic acids is 1. The van der Waals surface area contributed by atoms with E-state index in [4.69, 9.17) is 16.0 Å². The maximum atomic E-state index is 12.8. The number of hydrogen-bond acceptors (Lipinski definition) is 4. The third-order valence-electron chi connectivity index (χ3n) is 4.80. The molecule has 5 nitrogen and oxygen atoms in total. The van der Waals surface area contributed by atoms with Crippen LogP contribution in [0.4, 0.5) is 0 Å². The number of nitrogens with zero attached hydrogens (tertiary/aromatic N) is 3. The van der Waals surface area contributed by atoms with Gasteiger partial charge >= 0.3 is 0 Å². The molecule has 3 aromatic rings. The summed E-state index contributed by atoms with van der Waals surface area (Å²) in [6.07, 6.45) is 3.06. The Morgan fingerprint density at radius 1 is 1.03 bits per heavy atom. The molecule has 29 heavy (non-hydrogen) atoms. The van der Waals surface area contributed by atoms with Crippen LogP contribution in [0.2, 0.25) is 5.02 Å². The Bertz CT molecular complexity index is 937. The lowest BCUT2D eigenvalue weighted by atomic mass is 10.1. The maximum absolute atomic E-state index is 12.8. The minimum atomic E-state index is 0.0870. The molecule has 0 atom stereocenters. The van der Waals surface area contributed by atoms with Gasteiger partial charge in [0.25, 0.3) is 0 Å². The zero-order valence-corrected chi connectivity index (χ0v) is 17.7. The van der Waals surface area contributed by atoms with E-state index in [2.05, 4.69) is 41.4 Å². The van der Waals surface area contributed by atoms with Crippen LogP contribution in [0.5, 0.6) is 0 Å². The van der Waals surface area contributed by atoms with E-state index in [1.165, 1.54) is 11.1 Å². The van der Waals surface area contributed by atoms with Gasteiger partial charge in [0.2, 0.25) is 17.7 Å². The van der Waals surface area contributed by atoms with Crippen molar-refractivity contribution in [2.45, 2.75) is 46.1 Å². The summed E-state index contributed by atoms with van der Waals surface area (Å²) in [6, 6.07) is 15.8. The van der Waals surface area contributed by atoms with E-state index in [0.717, 1.165) is 19.3 Å². The number of hydrogen-bond donors (Lipinski definition) is 0. The lowest BCUT2D eigenvalue weighted by Gasteiger charge is -2.20.